The van der Waals surface area contributed by atoms with E-state index < -0.39 is 14.9 Å². The van der Waals surface area contributed by atoms with Crippen molar-refractivity contribution >= 4 is 27.3 Å². The lowest BCUT2D eigenvalue weighted by Gasteiger charge is -2.31. The number of ether oxygens (including phenoxy) is 1. The van der Waals surface area contributed by atoms with Crippen molar-refractivity contribution in [2.45, 2.75) is 51.2 Å². The molecular weight excluding hydrogens is 446 g/mol. The van der Waals surface area contributed by atoms with Gasteiger partial charge in [0, 0.05) is 36.8 Å². The molecule has 33 heavy (non-hydrogen) atoms. The number of amides is 1. The molecule has 0 aromatic heterocycles. The number of carbonyl (C=O) groups is 1. The number of carbonyl (C=O) groups excluding carboxylic acids is 1. The van der Waals surface area contributed by atoms with Crippen LogP contribution >= 0.6 is 0 Å². The van der Waals surface area contributed by atoms with Crippen molar-refractivity contribution in [1.29, 1.82) is 0 Å². The van der Waals surface area contributed by atoms with Crippen LogP contribution in [0.15, 0.2) is 47.4 Å². The largest absolute Gasteiger partial charge is 0.374 e. The Morgan fingerprint density at radius 3 is 2.55 bits per heavy atom. The molecule has 178 valence electrons. The van der Waals surface area contributed by atoms with Crippen molar-refractivity contribution in [2.24, 2.45) is 5.92 Å². The van der Waals surface area contributed by atoms with Crippen LogP contribution in [-0.2, 0) is 26.2 Å². The number of hydrogen-bond donors (Lipinski definition) is 1. The summed E-state index contributed by atoms with van der Waals surface area (Å²) < 4.78 is 33.1. The molecule has 1 N–H and O–H groups in total. The third kappa shape index (κ3) is 6.16. The van der Waals surface area contributed by atoms with Gasteiger partial charge in [-0.3, -0.25) is 14.9 Å². The number of sulfonamides is 1. The van der Waals surface area contributed by atoms with Crippen LogP contribution in [0, 0.1) is 23.0 Å². The Kier molecular flexibility index (Phi) is 7.83. The molecule has 1 saturated heterocycles. The van der Waals surface area contributed by atoms with Crippen molar-refractivity contribution in [1.82, 2.24) is 4.31 Å². The Morgan fingerprint density at radius 2 is 1.91 bits per heavy atom. The van der Waals surface area contributed by atoms with Crippen LogP contribution in [-0.4, -0.2) is 42.7 Å². The molecule has 0 radical (unpaired) electrons. The first-order chi connectivity index (χ1) is 15.6. The number of nitro benzene ring substituents is 1. The summed E-state index contributed by atoms with van der Waals surface area (Å²) in [4.78, 5) is 23.1. The molecular formula is C23H29N3O6S. The molecule has 1 fully saturated rings. The summed E-state index contributed by atoms with van der Waals surface area (Å²) in [6.07, 6.45) is 0.847. The predicted octanol–water partition coefficient (Wildman–Crippen LogP) is 3.87. The summed E-state index contributed by atoms with van der Waals surface area (Å²) in [6.45, 7) is 6.32. The van der Waals surface area contributed by atoms with E-state index in [2.05, 4.69) is 5.32 Å². The monoisotopic (exact) mass is 475 g/mol. The number of nitrogens with one attached hydrogen (secondary N) is 1. The SMILES string of the molecule is Cc1ccc([N+](=O)[O-])cc1S(=O)(=O)N1CCC(C(=O)Nc2cccc(COC(C)C)c2)CC1. The minimum Gasteiger partial charge on any atom is -0.374 e. The molecule has 2 aromatic carbocycles. The molecule has 1 heterocycles. The average molecular weight is 476 g/mol. The Labute approximate surface area is 193 Å². The quantitative estimate of drug-likeness (QED) is 0.457. The van der Waals surface area contributed by atoms with Gasteiger partial charge >= 0.3 is 0 Å². The lowest BCUT2D eigenvalue weighted by atomic mass is 9.97. The van der Waals surface area contributed by atoms with Gasteiger partial charge in [-0.05, 0) is 56.9 Å². The second-order valence-electron chi connectivity index (χ2n) is 8.43. The maximum Gasteiger partial charge on any atom is 0.270 e. The fourth-order valence-electron chi connectivity index (χ4n) is 3.72. The van der Waals surface area contributed by atoms with E-state index in [1.165, 1.54) is 16.4 Å². The second kappa shape index (κ2) is 10.4. The lowest BCUT2D eigenvalue weighted by Crippen LogP contribution is -2.41. The number of nitro groups is 1. The second-order valence-corrected chi connectivity index (χ2v) is 10.3. The molecule has 2 aromatic rings. The van der Waals surface area contributed by atoms with Crippen LogP contribution in [0.25, 0.3) is 0 Å². The van der Waals surface area contributed by atoms with E-state index in [0.29, 0.717) is 30.7 Å². The summed E-state index contributed by atoms with van der Waals surface area (Å²) in [6, 6.07) is 11.3. The van der Waals surface area contributed by atoms with Gasteiger partial charge in [-0.15, -0.1) is 0 Å². The molecule has 10 heteroatoms. The summed E-state index contributed by atoms with van der Waals surface area (Å²) in [5.74, 6) is -0.473. The normalized spacial score (nSPS) is 15.5. The van der Waals surface area contributed by atoms with Crippen LogP contribution in [0.5, 0.6) is 0 Å². The summed E-state index contributed by atoms with van der Waals surface area (Å²) in [7, 11) is -3.89. The molecule has 0 bridgehead atoms. The van der Waals surface area contributed by atoms with Gasteiger partial charge in [-0.2, -0.15) is 4.31 Å². The maximum absolute atomic E-state index is 13.1. The summed E-state index contributed by atoms with van der Waals surface area (Å²) in [5, 5.41) is 14.0. The number of rotatable bonds is 8. The Balaban J connectivity index is 1.63. The predicted molar refractivity (Wildman–Crippen MR) is 124 cm³/mol. The molecule has 1 aliphatic rings. The lowest BCUT2D eigenvalue weighted by molar-refractivity contribution is -0.385. The Morgan fingerprint density at radius 1 is 1.21 bits per heavy atom. The van der Waals surface area contributed by atoms with Crippen molar-refractivity contribution < 1.29 is 22.9 Å². The average Bonchev–Trinajstić information content (AvgIpc) is 2.78. The zero-order valence-electron chi connectivity index (χ0n) is 19.0. The first kappa shape index (κ1) is 24.8. The number of anilines is 1. The highest BCUT2D eigenvalue weighted by Crippen LogP contribution is 2.29. The van der Waals surface area contributed by atoms with E-state index >= 15 is 0 Å². The number of nitrogens with zero attached hydrogens (tertiary/aromatic N) is 2. The molecule has 0 unspecified atom stereocenters. The summed E-state index contributed by atoms with van der Waals surface area (Å²) in [5.41, 5.74) is 1.80. The van der Waals surface area contributed by atoms with Gasteiger partial charge in [0.15, 0.2) is 0 Å². The standard InChI is InChI=1S/C23H29N3O6S/c1-16(2)32-15-18-5-4-6-20(13-18)24-23(27)19-9-11-25(12-10-19)33(30,31)22-14-21(26(28)29)8-7-17(22)3/h4-8,13-14,16,19H,9-12,15H2,1-3H3,(H,24,27). The molecule has 0 aliphatic carbocycles. The van der Waals surface area contributed by atoms with Crippen LogP contribution in [0.1, 0.15) is 37.8 Å². The highest BCUT2D eigenvalue weighted by molar-refractivity contribution is 7.89. The van der Waals surface area contributed by atoms with Gasteiger partial charge in [0.25, 0.3) is 5.69 Å². The first-order valence-electron chi connectivity index (χ1n) is 10.8. The maximum atomic E-state index is 13.1. The van der Waals surface area contributed by atoms with E-state index in [4.69, 9.17) is 4.74 Å². The minimum atomic E-state index is -3.89. The van der Waals surface area contributed by atoms with E-state index in [1.54, 1.807) is 13.0 Å². The zero-order valence-corrected chi connectivity index (χ0v) is 19.8. The molecule has 3 rings (SSSR count). The fraction of sp³-hybridized carbons (Fsp3) is 0.435. The Bertz CT molecular complexity index is 1120. The fourth-order valence-corrected chi connectivity index (χ4v) is 5.44. The van der Waals surface area contributed by atoms with Crippen molar-refractivity contribution in [3.05, 3.63) is 63.7 Å². The van der Waals surface area contributed by atoms with Gasteiger partial charge in [0.1, 0.15) is 0 Å². The molecule has 1 aliphatic heterocycles. The highest BCUT2D eigenvalue weighted by Gasteiger charge is 2.33. The van der Waals surface area contributed by atoms with E-state index in [0.717, 1.165) is 11.6 Å². The van der Waals surface area contributed by atoms with Gasteiger partial charge in [0.05, 0.1) is 22.5 Å². The van der Waals surface area contributed by atoms with Crippen molar-refractivity contribution in [3.8, 4) is 0 Å². The molecule has 0 spiro atoms. The van der Waals surface area contributed by atoms with Crippen LogP contribution in [0.3, 0.4) is 0 Å². The molecule has 1 amide bonds. The van der Waals surface area contributed by atoms with Gasteiger partial charge in [0.2, 0.25) is 15.9 Å². The van der Waals surface area contributed by atoms with E-state index in [1.807, 2.05) is 32.0 Å². The van der Waals surface area contributed by atoms with Gasteiger partial charge in [-0.25, -0.2) is 8.42 Å². The number of benzene rings is 2. The topological polar surface area (TPSA) is 119 Å². The van der Waals surface area contributed by atoms with Crippen LogP contribution in [0.2, 0.25) is 0 Å². The van der Waals surface area contributed by atoms with Gasteiger partial charge < -0.3 is 10.1 Å². The molecule has 9 nitrogen and oxygen atoms in total. The Hall–Kier alpha value is -2.82. The third-order valence-electron chi connectivity index (χ3n) is 5.60. The van der Waals surface area contributed by atoms with E-state index in [-0.39, 0.29) is 41.6 Å². The summed E-state index contributed by atoms with van der Waals surface area (Å²) >= 11 is 0. The van der Waals surface area contributed by atoms with Crippen LogP contribution < -0.4 is 5.32 Å². The minimum absolute atomic E-state index is 0.0694. The van der Waals surface area contributed by atoms with E-state index in [9.17, 15) is 23.3 Å². The van der Waals surface area contributed by atoms with Gasteiger partial charge in [-0.1, -0.05) is 18.2 Å². The molecule has 0 saturated carbocycles. The number of hydrogen-bond acceptors (Lipinski definition) is 6. The smallest absolute Gasteiger partial charge is 0.270 e. The van der Waals surface area contributed by atoms with Crippen molar-refractivity contribution in [2.75, 3.05) is 18.4 Å². The number of piperidine rings is 1. The van der Waals surface area contributed by atoms with Crippen LogP contribution in [0.4, 0.5) is 11.4 Å². The van der Waals surface area contributed by atoms with Crippen molar-refractivity contribution in [3.63, 3.8) is 0 Å². The highest BCUT2D eigenvalue weighted by atomic mass is 32.2. The first-order valence-corrected chi connectivity index (χ1v) is 12.3. The number of non-ortho nitro benzene ring substituents is 1. The molecule has 0 atom stereocenters. The number of aryl methyl sites for hydroxylation is 1. The zero-order chi connectivity index (χ0) is 24.2. The third-order valence-corrected chi connectivity index (χ3v) is 7.64.